The topological polar surface area (TPSA) is 83.4 Å². The molecule has 180 valence electrons. The average molecular weight is 481 g/mol. The number of imidazole rings is 1. The first-order valence-electron chi connectivity index (χ1n) is 11.6. The van der Waals surface area contributed by atoms with Crippen molar-refractivity contribution in [2.24, 2.45) is 0 Å². The van der Waals surface area contributed by atoms with E-state index in [1.54, 1.807) is 12.3 Å². The summed E-state index contributed by atoms with van der Waals surface area (Å²) in [4.78, 5) is 39.4. The molecule has 0 spiro atoms. The van der Waals surface area contributed by atoms with Crippen LogP contribution in [0.15, 0.2) is 36.5 Å². The SMILES string of the molecule is Cc1ncc(C(=O)Nc2nc3cccc(C)c3n2C2CCCCN(C(=O)/C=C/CN(C)C)C2)s1. The van der Waals surface area contributed by atoms with Gasteiger partial charge >= 0.3 is 0 Å². The van der Waals surface area contributed by atoms with E-state index >= 15 is 0 Å². The second-order valence-corrected chi connectivity index (χ2v) is 10.3. The summed E-state index contributed by atoms with van der Waals surface area (Å²) in [5.74, 6) is 0.330. The van der Waals surface area contributed by atoms with E-state index in [4.69, 9.17) is 4.98 Å². The van der Waals surface area contributed by atoms with Crippen molar-refractivity contribution in [2.45, 2.75) is 39.2 Å². The normalized spacial score (nSPS) is 17.0. The van der Waals surface area contributed by atoms with Gasteiger partial charge in [-0.25, -0.2) is 9.97 Å². The summed E-state index contributed by atoms with van der Waals surface area (Å²) in [7, 11) is 3.96. The summed E-state index contributed by atoms with van der Waals surface area (Å²) in [5, 5.41) is 3.87. The Bertz CT molecular complexity index is 1210. The van der Waals surface area contributed by atoms with Crippen LogP contribution in [0.5, 0.6) is 0 Å². The zero-order chi connectivity index (χ0) is 24.2. The van der Waals surface area contributed by atoms with Crippen LogP contribution >= 0.6 is 11.3 Å². The average Bonchev–Trinajstić information content (AvgIpc) is 3.29. The van der Waals surface area contributed by atoms with Crippen molar-refractivity contribution in [3.05, 3.63) is 52.0 Å². The monoisotopic (exact) mass is 480 g/mol. The number of para-hydroxylation sites is 1. The Morgan fingerprint density at radius 2 is 2.09 bits per heavy atom. The van der Waals surface area contributed by atoms with Gasteiger partial charge < -0.3 is 14.4 Å². The summed E-state index contributed by atoms with van der Waals surface area (Å²) >= 11 is 1.36. The Morgan fingerprint density at radius 3 is 2.82 bits per heavy atom. The largest absolute Gasteiger partial charge is 0.337 e. The van der Waals surface area contributed by atoms with Gasteiger partial charge in [-0.1, -0.05) is 18.2 Å². The van der Waals surface area contributed by atoms with Crippen LogP contribution in [0.1, 0.15) is 45.5 Å². The number of nitrogens with one attached hydrogen (secondary N) is 1. The van der Waals surface area contributed by atoms with Crippen LogP contribution in [0, 0.1) is 13.8 Å². The van der Waals surface area contributed by atoms with E-state index in [0.29, 0.717) is 17.4 Å². The van der Waals surface area contributed by atoms with Crippen molar-refractivity contribution < 1.29 is 9.59 Å². The third-order valence-corrected chi connectivity index (χ3v) is 6.95. The van der Waals surface area contributed by atoms with Gasteiger partial charge in [0.1, 0.15) is 4.88 Å². The van der Waals surface area contributed by atoms with Crippen LogP contribution in [0.25, 0.3) is 11.0 Å². The first-order chi connectivity index (χ1) is 16.3. The van der Waals surface area contributed by atoms with E-state index < -0.39 is 0 Å². The number of benzene rings is 1. The van der Waals surface area contributed by atoms with E-state index in [2.05, 4.69) is 27.9 Å². The summed E-state index contributed by atoms with van der Waals surface area (Å²) in [6, 6.07) is 6.02. The standard InChI is InChI=1S/C25H32N6O2S/c1-17-9-7-11-20-23(17)31(25(27-20)28-24(33)21-15-26-18(2)34-21)19-10-5-6-14-30(16-19)22(32)12-8-13-29(3)4/h7-9,11-12,15,19H,5-6,10,13-14,16H2,1-4H3,(H,27,28,33)/b12-8+. The number of hydrogen-bond acceptors (Lipinski definition) is 6. The molecule has 4 rings (SSSR count). The van der Waals surface area contributed by atoms with Crippen molar-refractivity contribution in [3.8, 4) is 0 Å². The number of aromatic nitrogens is 3. The first-order valence-corrected chi connectivity index (χ1v) is 12.5. The first kappa shape index (κ1) is 24.1. The summed E-state index contributed by atoms with van der Waals surface area (Å²) < 4.78 is 2.13. The molecule has 1 aliphatic rings. The maximum absolute atomic E-state index is 13.0. The molecular weight excluding hydrogens is 448 g/mol. The van der Waals surface area contributed by atoms with Crippen molar-refractivity contribution in [3.63, 3.8) is 0 Å². The van der Waals surface area contributed by atoms with E-state index in [-0.39, 0.29) is 17.9 Å². The molecule has 1 aliphatic heterocycles. The minimum Gasteiger partial charge on any atom is -0.337 e. The zero-order valence-corrected chi connectivity index (χ0v) is 21.1. The second-order valence-electron chi connectivity index (χ2n) is 9.04. The Labute approximate surface area is 204 Å². The minimum atomic E-state index is -0.215. The predicted molar refractivity (Wildman–Crippen MR) is 136 cm³/mol. The lowest BCUT2D eigenvalue weighted by Gasteiger charge is -2.26. The molecule has 1 aromatic carbocycles. The summed E-state index contributed by atoms with van der Waals surface area (Å²) in [6.07, 6.45) is 8.05. The lowest BCUT2D eigenvalue weighted by atomic mass is 10.1. The van der Waals surface area contributed by atoms with Crippen molar-refractivity contribution in [1.29, 1.82) is 0 Å². The Balaban J connectivity index is 1.67. The van der Waals surface area contributed by atoms with Crippen molar-refractivity contribution >= 4 is 40.1 Å². The maximum atomic E-state index is 13.0. The molecule has 3 heterocycles. The van der Waals surface area contributed by atoms with Crippen LogP contribution in [0.2, 0.25) is 0 Å². The molecule has 1 unspecified atom stereocenters. The van der Waals surface area contributed by atoms with Crippen LogP contribution in [0.4, 0.5) is 5.95 Å². The molecule has 1 fully saturated rings. The minimum absolute atomic E-state index is 0.0123. The fraction of sp³-hybridized carbons (Fsp3) is 0.440. The van der Waals surface area contributed by atoms with Gasteiger partial charge in [-0.05, 0) is 58.8 Å². The molecule has 0 aliphatic carbocycles. The summed E-state index contributed by atoms with van der Waals surface area (Å²) in [5.41, 5.74) is 2.93. The smallest absolute Gasteiger partial charge is 0.269 e. The van der Waals surface area contributed by atoms with Gasteiger partial charge in [-0.3, -0.25) is 14.9 Å². The maximum Gasteiger partial charge on any atom is 0.269 e. The van der Waals surface area contributed by atoms with Gasteiger partial charge in [0.2, 0.25) is 11.9 Å². The van der Waals surface area contributed by atoms with Gasteiger partial charge in [-0.2, -0.15) is 0 Å². The predicted octanol–water partition coefficient (Wildman–Crippen LogP) is 4.03. The second kappa shape index (κ2) is 10.5. The fourth-order valence-electron chi connectivity index (χ4n) is 4.39. The number of thiazole rings is 1. The highest BCUT2D eigenvalue weighted by Gasteiger charge is 2.27. The number of carbonyl (C=O) groups is 2. The lowest BCUT2D eigenvalue weighted by Crippen LogP contribution is -2.34. The molecule has 1 saturated heterocycles. The molecule has 8 nitrogen and oxygen atoms in total. The Kier molecular flexibility index (Phi) is 7.43. The fourth-order valence-corrected chi connectivity index (χ4v) is 5.07. The molecule has 3 aromatic rings. The van der Waals surface area contributed by atoms with Crippen molar-refractivity contribution in [2.75, 3.05) is 39.0 Å². The number of hydrogen-bond donors (Lipinski definition) is 1. The number of fused-ring (bicyclic) bond motifs is 1. The number of amides is 2. The van der Waals surface area contributed by atoms with E-state index in [0.717, 1.165) is 54.0 Å². The van der Waals surface area contributed by atoms with Crippen LogP contribution in [-0.2, 0) is 4.79 Å². The van der Waals surface area contributed by atoms with Crippen LogP contribution < -0.4 is 5.32 Å². The van der Waals surface area contributed by atoms with Crippen LogP contribution in [-0.4, -0.2) is 69.9 Å². The van der Waals surface area contributed by atoms with Gasteiger partial charge in [0, 0.05) is 25.7 Å². The molecule has 0 radical (unpaired) electrons. The van der Waals surface area contributed by atoms with Gasteiger partial charge in [-0.15, -0.1) is 11.3 Å². The van der Waals surface area contributed by atoms with Gasteiger partial charge in [0.05, 0.1) is 28.3 Å². The summed E-state index contributed by atoms with van der Waals surface area (Å²) in [6.45, 7) is 5.97. The van der Waals surface area contributed by atoms with Gasteiger partial charge in [0.25, 0.3) is 5.91 Å². The molecule has 34 heavy (non-hydrogen) atoms. The quantitative estimate of drug-likeness (QED) is 0.539. The van der Waals surface area contributed by atoms with Gasteiger partial charge in [0.15, 0.2) is 0 Å². The highest BCUT2D eigenvalue weighted by molar-refractivity contribution is 7.13. The number of aryl methyl sites for hydroxylation is 2. The number of anilines is 1. The molecule has 1 N–H and O–H groups in total. The third kappa shape index (κ3) is 5.37. The molecule has 1 atom stereocenters. The Morgan fingerprint density at radius 1 is 1.26 bits per heavy atom. The molecular formula is C25H32N6O2S. The number of likely N-dealkylation sites (tertiary alicyclic amines) is 1. The molecule has 9 heteroatoms. The van der Waals surface area contributed by atoms with E-state index in [1.165, 1.54) is 11.3 Å². The molecule has 0 saturated carbocycles. The number of likely N-dealkylation sites (N-methyl/N-ethyl adjacent to an activating group) is 1. The number of carbonyl (C=O) groups excluding carboxylic acids is 2. The number of rotatable bonds is 6. The lowest BCUT2D eigenvalue weighted by molar-refractivity contribution is -0.126. The van der Waals surface area contributed by atoms with E-state index in [1.807, 2.05) is 49.0 Å². The highest BCUT2D eigenvalue weighted by Crippen LogP contribution is 2.32. The van der Waals surface area contributed by atoms with Crippen molar-refractivity contribution in [1.82, 2.24) is 24.3 Å². The molecule has 0 bridgehead atoms. The molecule has 2 amide bonds. The Hall–Kier alpha value is -3.04. The molecule has 2 aromatic heterocycles. The van der Waals surface area contributed by atoms with Crippen LogP contribution in [0.3, 0.4) is 0 Å². The highest BCUT2D eigenvalue weighted by atomic mass is 32.1. The van der Waals surface area contributed by atoms with E-state index in [9.17, 15) is 9.59 Å². The zero-order valence-electron chi connectivity index (χ0n) is 20.2. The third-order valence-electron chi connectivity index (χ3n) is 6.04. The number of nitrogens with zero attached hydrogens (tertiary/aromatic N) is 5.